The van der Waals surface area contributed by atoms with Gasteiger partial charge in [-0.1, -0.05) is 26.0 Å². The molecule has 0 bridgehead atoms. The van der Waals surface area contributed by atoms with Crippen molar-refractivity contribution in [1.82, 2.24) is 0 Å². The topological polar surface area (TPSA) is 89.9 Å². The second-order valence-electron chi connectivity index (χ2n) is 3.56. The molecular weight excluding hydrogens is 256 g/mol. The van der Waals surface area contributed by atoms with Crippen LogP contribution in [0.5, 0.6) is 11.5 Å². The molecule has 0 aromatic heterocycles. The Morgan fingerprint density at radius 1 is 0.750 bits per heavy atom. The van der Waals surface area contributed by atoms with E-state index in [2.05, 4.69) is 20.5 Å². The molecule has 0 saturated heterocycles. The summed E-state index contributed by atoms with van der Waals surface area (Å²) in [7, 11) is 3.01. The molecule has 106 valence electrons. The smallest absolute Gasteiger partial charge is 0.154 e. The van der Waals surface area contributed by atoms with Crippen LogP contribution < -0.4 is 0 Å². The van der Waals surface area contributed by atoms with Gasteiger partial charge in [0.05, 0.1) is 5.39 Å². The first-order valence-corrected chi connectivity index (χ1v) is 6.26. The zero-order valence-electron chi connectivity index (χ0n) is 12.0. The third kappa shape index (κ3) is 2.90. The van der Waals surface area contributed by atoms with E-state index in [0.717, 1.165) is 0 Å². The number of rotatable bonds is 2. The van der Waals surface area contributed by atoms with Crippen molar-refractivity contribution in [3.63, 3.8) is 0 Å². The Kier molecular flexibility index (Phi) is 5.58. The summed E-state index contributed by atoms with van der Waals surface area (Å²) in [4.78, 5) is 0. The Morgan fingerprint density at radius 3 is 1.50 bits per heavy atom. The first-order chi connectivity index (χ1) is 9.69. The van der Waals surface area contributed by atoms with Crippen LogP contribution in [0.3, 0.4) is 0 Å². The molecule has 0 atom stereocenters. The maximum Gasteiger partial charge on any atom is 0.154 e. The van der Waals surface area contributed by atoms with Gasteiger partial charge in [0.15, 0.2) is 11.5 Å². The van der Waals surface area contributed by atoms with Crippen molar-refractivity contribution in [2.24, 2.45) is 20.5 Å². The van der Waals surface area contributed by atoms with E-state index in [1.165, 1.54) is 14.1 Å². The van der Waals surface area contributed by atoms with Crippen LogP contribution in [0.15, 0.2) is 44.7 Å². The van der Waals surface area contributed by atoms with Crippen molar-refractivity contribution in [3.05, 3.63) is 24.3 Å². The molecule has 0 fully saturated rings. The van der Waals surface area contributed by atoms with E-state index >= 15 is 0 Å². The lowest BCUT2D eigenvalue weighted by Crippen LogP contribution is -1.78. The number of phenols is 2. The van der Waals surface area contributed by atoms with Crippen LogP contribution in [0.25, 0.3) is 10.8 Å². The van der Waals surface area contributed by atoms with Crippen LogP contribution in [0.2, 0.25) is 0 Å². The van der Waals surface area contributed by atoms with Gasteiger partial charge in [-0.3, -0.25) is 0 Å². The van der Waals surface area contributed by atoms with Gasteiger partial charge in [-0.25, -0.2) is 0 Å². The SMILES string of the molecule is CC.CN=Nc1ccc2ccc(N=NC)c(O)c2c1O. The normalized spacial score (nSPS) is 11.0. The van der Waals surface area contributed by atoms with E-state index in [0.29, 0.717) is 22.1 Å². The highest BCUT2D eigenvalue weighted by Gasteiger charge is 2.13. The van der Waals surface area contributed by atoms with Crippen LogP contribution in [0.4, 0.5) is 11.4 Å². The predicted octanol–water partition coefficient (Wildman–Crippen LogP) is 4.70. The zero-order valence-corrected chi connectivity index (χ0v) is 12.0. The fourth-order valence-electron chi connectivity index (χ4n) is 1.74. The highest BCUT2D eigenvalue weighted by molar-refractivity contribution is 5.99. The van der Waals surface area contributed by atoms with Gasteiger partial charge in [0.1, 0.15) is 11.4 Å². The standard InChI is InChI=1S/C12H12N4O2.C2H6/c1-13-15-8-5-3-7-4-6-9(16-14-2)12(18)10(7)11(8)17;1-2/h3-6,17-18H,1-2H3;1-2H3. The molecule has 0 aliphatic heterocycles. The number of nitrogens with zero attached hydrogens (tertiary/aromatic N) is 4. The van der Waals surface area contributed by atoms with Crippen LogP contribution in [-0.4, -0.2) is 24.3 Å². The monoisotopic (exact) mass is 274 g/mol. The molecular formula is C14H18N4O2. The molecule has 2 N–H and O–H groups in total. The first-order valence-electron chi connectivity index (χ1n) is 6.26. The number of hydrogen-bond acceptors (Lipinski definition) is 6. The van der Waals surface area contributed by atoms with Crippen LogP contribution in [-0.2, 0) is 0 Å². The molecule has 2 rings (SSSR count). The quantitative estimate of drug-likeness (QED) is 0.777. The predicted molar refractivity (Wildman–Crippen MR) is 79.5 cm³/mol. The minimum absolute atomic E-state index is 0.122. The van der Waals surface area contributed by atoms with Crippen molar-refractivity contribution < 1.29 is 10.2 Å². The molecule has 0 spiro atoms. The Morgan fingerprint density at radius 2 is 1.15 bits per heavy atom. The Bertz CT molecular complexity index is 598. The molecule has 0 aliphatic rings. The van der Waals surface area contributed by atoms with E-state index in [1.807, 2.05) is 13.8 Å². The van der Waals surface area contributed by atoms with E-state index in [-0.39, 0.29) is 11.5 Å². The van der Waals surface area contributed by atoms with Crippen molar-refractivity contribution in [1.29, 1.82) is 0 Å². The number of aromatic hydroxyl groups is 2. The van der Waals surface area contributed by atoms with Crippen molar-refractivity contribution >= 4 is 22.1 Å². The number of fused-ring (bicyclic) bond motifs is 1. The minimum atomic E-state index is -0.122. The number of phenolic OH excluding ortho intramolecular Hbond substituents is 2. The summed E-state index contributed by atoms with van der Waals surface area (Å²) in [5.41, 5.74) is 0.594. The fraction of sp³-hybridized carbons (Fsp3) is 0.286. The lowest BCUT2D eigenvalue weighted by Gasteiger charge is -2.07. The molecule has 0 amide bonds. The highest BCUT2D eigenvalue weighted by Crippen LogP contribution is 2.43. The summed E-state index contributed by atoms with van der Waals surface area (Å²) in [6.45, 7) is 4.00. The van der Waals surface area contributed by atoms with Gasteiger partial charge in [0.25, 0.3) is 0 Å². The highest BCUT2D eigenvalue weighted by atomic mass is 16.3. The van der Waals surface area contributed by atoms with E-state index in [1.54, 1.807) is 24.3 Å². The van der Waals surface area contributed by atoms with Gasteiger partial charge in [-0.05, 0) is 17.5 Å². The molecule has 0 aliphatic carbocycles. The molecule has 2 aromatic carbocycles. The summed E-state index contributed by atoms with van der Waals surface area (Å²) < 4.78 is 0. The average Bonchev–Trinajstić information content (AvgIpc) is 2.47. The third-order valence-corrected chi connectivity index (χ3v) is 2.50. The van der Waals surface area contributed by atoms with Crippen LogP contribution >= 0.6 is 0 Å². The number of azo groups is 2. The molecule has 2 aromatic rings. The lowest BCUT2D eigenvalue weighted by molar-refractivity contribution is 0.465. The summed E-state index contributed by atoms with van der Waals surface area (Å²) in [6, 6.07) is 6.74. The van der Waals surface area contributed by atoms with Gasteiger partial charge >= 0.3 is 0 Å². The Hall–Kier alpha value is -2.50. The Balaban J connectivity index is 0.000000956. The molecule has 20 heavy (non-hydrogen) atoms. The van der Waals surface area contributed by atoms with E-state index < -0.39 is 0 Å². The second-order valence-corrected chi connectivity index (χ2v) is 3.56. The molecule has 6 nitrogen and oxygen atoms in total. The molecule has 0 saturated carbocycles. The van der Waals surface area contributed by atoms with Gasteiger partial charge < -0.3 is 10.2 Å². The summed E-state index contributed by atoms with van der Waals surface area (Å²) in [5, 5.41) is 35.9. The second kappa shape index (κ2) is 7.18. The summed E-state index contributed by atoms with van der Waals surface area (Å²) in [6.07, 6.45) is 0. The van der Waals surface area contributed by atoms with Gasteiger partial charge in [0, 0.05) is 14.1 Å². The van der Waals surface area contributed by atoms with Crippen molar-refractivity contribution in [3.8, 4) is 11.5 Å². The number of hydrogen-bond donors (Lipinski definition) is 2. The van der Waals surface area contributed by atoms with Crippen molar-refractivity contribution in [2.75, 3.05) is 14.1 Å². The molecule has 0 heterocycles. The number of benzene rings is 2. The first kappa shape index (κ1) is 15.6. The molecule has 6 heteroatoms. The summed E-state index contributed by atoms with van der Waals surface area (Å²) in [5.74, 6) is -0.243. The fourth-order valence-corrected chi connectivity index (χ4v) is 1.74. The molecule has 0 radical (unpaired) electrons. The van der Waals surface area contributed by atoms with Gasteiger partial charge in [-0.2, -0.15) is 20.5 Å². The Labute approximate surface area is 117 Å². The van der Waals surface area contributed by atoms with E-state index in [9.17, 15) is 10.2 Å². The largest absolute Gasteiger partial charge is 0.505 e. The lowest BCUT2D eigenvalue weighted by atomic mass is 10.1. The van der Waals surface area contributed by atoms with Gasteiger partial charge in [0.2, 0.25) is 0 Å². The van der Waals surface area contributed by atoms with E-state index in [4.69, 9.17) is 0 Å². The maximum atomic E-state index is 10.1. The maximum absolute atomic E-state index is 10.1. The van der Waals surface area contributed by atoms with Crippen LogP contribution in [0, 0.1) is 0 Å². The minimum Gasteiger partial charge on any atom is -0.505 e. The summed E-state index contributed by atoms with van der Waals surface area (Å²) >= 11 is 0. The average molecular weight is 274 g/mol. The van der Waals surface area contributed by atoms with Crippen molar-refractivity contribution in [2.45, 2.75) is 13.8 Å². The van der Waals surface area contributed by atoms with Gasteiger partial charge in [-0.15, -0.1) is 0 Å². The third-order valence-electron chi connectivity index (χ3n) is 2.50. The zero-order chi connectivity index (χ0) is 15.1. The molecule has 0 unspecified atom stereocenters. The van der Waals surface area contributed by atoms with Crippen LogP contribution in [0.1, 0.15) is 13.8 Å².